The van der Waals surface area contributed by atoms with Gasteiger partial charge in [-0.1, -0.05) is 0 Å². The van der Waals surface area contributed by atoms with Gasteiger partial charge in [-0.15, -0.1) is 0 Å². The van der Waals surface area contributed by atoms with Crippen molar-refractivity contribution in [3.05, 3.63) is 0 Å². The molecule has 0 aromatic carbocycles. The van der Waals surface area contributed by atoms with E-state index in [1.165, 1.54) is 14.0 Å². The molecule has 0 N–H and O–H groups in total. The van der Waals surface area contributed by atoms with Crippen LogP contribution in [0.3, 0.4) is 0 Å². The number of rotatable bonds is 6. The molecular formula is C9H18N2O3S. The molecule has 0 bridgehead atoms. The van der Waals surface area contributed by atoms with E-state index >= 15 is 0 Å². The minimum Gasteiger partial charge on any atom is -0.377 e. The second kappa shape index (κ2) is 6.05. The van der Waals surface area contributed by atoms with E-state index in [2.05, 4.69) is 0 Å². The maximum atomic E-state index is 11.6. The Hall–Kier alpha value is -0.640. The third kappa shape index (κ3) is 4.60. The lowest BCUT2D eigenvalue weighted by atomic mass is 10.5. The molecule has 0 saturated heterocycles. The largest absolute Gasteiger partial charge is 0.377 e. The standard InChI is InChI=1S/C9H18N2O3S/c1-8(2)14-6-5-11(4)15(12,13)9(3)7-10/h8-9H,5-6H2,1-4H3. The summed E-state index contributed by atoms with van der Waals surface area (Å²) in [6.07, 6.45) is 0.0782. The highest BCUT2D eigenvalue weighted by Gasteiger charge is 2.25. The molecule has 15 heavy (non-hydrogen) atoms. The Bertz CT molecular complexity index is 319. The van der Waals surface area contributed by atoms with Gasteiger partial charge in [0.1, 0.15) is 0 Å². The zero-order chi connectivity index (χ0) is 12.1. The van der Waals surface area contributed by atoms with Crippen LogP contribution in [0.15, 0.2) is 0 Å². The first-order valence-electron chi connectivity index (χ1n) is 4.78. The van der Waals surface area contributed by atoms with Crippen LogP contribution < -0.4 is 0 Å². The van der Waals surface area contributed by atoms with Crippen LogP contribution in [0.25, 0.3) is 0 Å². The van der Waals surface area contributed by atoms with Crippen molar-refractivity contribution < 1.29 is 13.2 Å². The fraction of sp³-hybridized carbons (Fsp3) is 0.889. The summed E-state index contributed by atoms with van der Waals surface area (Å²) < 4.78 is 29.6. The molecule has 0 spiro atoms. The van der Waals surface area contributed by atoms with Crippen molar-refractivity contribution in [3.63, 3.8) is 0 Å². The summed E-state index contributed by atoms with van der Waals surface area (Å²) in [5, 5.41) is 7.53. The monoisotopic (exact) mass is 234 g/mol. The van der Waals surface area contributed by atoms with Crippen LogP contribution in [0.1, 0.15) is 20.8 Å². The zero-order valence-electron chi connectivity index (χ0n) is 9.60. The van der Waals surface area contributed by atoms with Crippen LogP contribution in [0.5, 0.6) is 0 Å². The van der Waals surface area contributed by atoms with Crippen LogP contribution in [-0.4, -0.2) is 44.3 Å². The Morgan fingerprint density at radius 1 is 1.40 bits per heavy atom. The zero-order valence-corrected chi connectivity index (χ0v) is 10.4. The van der Waals surface area contributed by atoms with E-state index in [9.17, 15) is 8.42 Å². The van der Waals surface area contributed by atoms with E-state index in [4.69, 9.17) is 10.00 Å². The SMILES string of the molecule is CC(C)OCCN(C)S(=O)(=O)C(C)C#N. The van der Waals surface area contributed by atoms with Crippen molar-refractivity contribution in [2.75, 3.05) is 20.2 Å². The van der Waals surface area contributed by atoms with Gasteiger partial charge in [0.15, 0.2) is 5.25 Å². The normalized spacial score (nSPS) is 14.2. The third-order valence-corrected chi connectivity index (χ3v) is 3.97. The van der Waals surface area contributed by atoms with Gasteiger partial charge in [-0.25, -0.2) is 12.7 Å². The fourth-order valence-corrected chi connectivity index (χ4v) is 1.88. The van der Waals surface area contributed by atoms with Crippen LogP contribution in [-0.2, 0) is 14.8 Å². The molecule has 1 unspecified atom stereocenters. The molecule has 6 heteroatoms. The number of nitriles is 1. The van der Waals surface area contributed by atoms with Crippen LogP contribution in [0.2, 0.25) is 0 Å². The summed E-state index contributed by atoms with van der Waals surface area (Å²) in [4.78, 5) is 0. The first kappa shape index (κ1) is 14.4. The Morgan fingerprint density at radius 2 is 1.93 bits per heavy atom. The lowest BCUT2D eigenvalue weighted by molar-refractivity contribution is 0.0736. The van der Waals surface area contributed by atoms with E-state index in [-0.39, 0.29) is 12.6 Å². The molecular weight excluding hydrogens is 216 g/mol. The Kier molecular flexibility index (Phi) is 5.80. The van der Waals surface area contributed by atoms with Gasteiger partial charge in [-0.3, -0.25) is 0 Å². The average Bonchev–Trinajstić information content (AvgIpc) is 2.15. The second-order valence-corrected chi connectivity index (χ2v) is 5.92. The highest BCUT2D eigenvalue weighted by Crippen LogP contribution is 2.05. The third-order valence-electron chi connectivity index (χ3n) is 1.92. The molecule has 0 fully saturated rings. The maximum Gasteiger partial charge on any atom is 0.230 e. The molecule has 0 saturated carbocycles. The number of sulfonamides is 1. The number of hydrogen-bond donors (Lipinski definition) is 0. The first-order valence-corrected chi connectivity index (χ1v) is 6.29. The van der Waals surface area contributed by atoms with Gasteiger partial charge in [0.25, 0.3) is 0 Å². The molecule has 0 aliphatic rings. The van der Waals surface area contributed by atoms with E-state index in [1.807, 2.05) is 13.8 Å². The van der Waals surface area contributed by atoms with E-state index < -0.39 is 15.3 Å². The molecule has 5 nitrogen and oxygen atoms in total. The average molecular weight is 234 g/mol. The summed E-state index contributed by atoms with van der Waals surface area (Å²) in [6.45, 7) is 5.74. The maximum absolute atomic E-state index is 11.6. The Labute approximate surface area is 91.7 Å². The lowest BCUT2D eigenvalue weighted by Crippen LogP contribution is -2.36. The summed E-state index contributed by atoms with van der Waals surface area (Å²) in [7, 11) is -2.04. The number of hydrogen-bond acceptors (Lipinski definition) is 4. The molecule has 0 heterocycles. The summed E-state index contributed by atoms with van der Waals surface area (Å²) in [5.74, 6) is 0. The quantitative estimate of drug-likeness (QED) is 0.674. The predicted octanol–water partition coefficient (Wildman–Crippen LogP) is 0.585. The molecule has 0 aromatic heterocycles. The number of nitrogens with zero attached hydrogens (tertiary/aromatic N) is 2. The predicted molar refractivity (Wildman–Crippen MR) is 57.7 cm³/mol. The molecule has 0 amide bonds. The van der Waals surface area contributed by atoms with Gasteiger partial charge in [0.05, 0.1) is 18.8 Å². The Balaban J connectivity index is 4.22. The van der Waals surface area contributed by atoms with Gasteiger partial charge in [0, 0.05) is 13.6 Å². The molecule has 0 rings (SSSR count). The van der Waals surface area contributed by atoms with Gasteiger partial charge in [-0.05, 0) is 20.8 Å². The summed E-state index contributed by atoms with van der Waals surface area (Å²) in [5.41, 5.74) is 0. The van der Waals surface area contributed by atoms with Gasteiger partial charge in [-0.2, -0.15) is 5.26 Å². The minimum absolute atomic E-state index is 0.0782. The van der Waals surface area contributed by atoms with E-state index in [1.54, 1.807) is 6.07 Å². The minimum atomic E-state index is -3.49. The van der Waals surface area contributed by atoms with E-state index in [0.29, 0.717) is 6.61 Å². The topological polar surface area (TPSA) is 70.4 Å². The Morgan fingerprint density at radius 3 is 2.33 bits per heavy atom. The molecule has 0 aromatic rings. The lowest BCUT2D eigenvalue weighted by Gasteiger charge is -2.18. The van der Waals surface area contributed by atoms with Crippen molar-refractivity contribution in [1.29, 1.82) is 5.26 Å². The van der Waals surface area contributed by atoms with Crippen molar-refractivity contribution in [1.82, 2.24) is 4.31 Å². The van der Waals surface area contributed by atoms with Crippen LogP contribution in [0, 0.1) is 11.3 Å². The number of ether oxygens (including phenoxy) is 1. The van der Waals surface area contributed by atoms with Gasteiger partial charge >= 0.3 is 0 Å². The van der Waals surface area contributed by atoms with Gasteiger partial charge < -0.3 is 4.74 Å². The highest BCUT2D eigenvalue weighted by molar-refractivity contribution is 7.89. The summed E-state index contributed by atoms with van der Waals surface area (Å²) in [6, 6.07) is 1.71. The molecule has 1 atom stereocenters. The molecule has 0 radical (unpaired) electrons. The smallest absolute Gasteiger partial charge is 0.230 e. The van der Waals surface area contributed by atoms with Gasteiger partial charge in [0.2, 0.25) is 10.0 Å². The van der Waals surface area contributed by atoms with Crippen LogP contribution in [0.4, 0.5) is 0 Å². The van der Waals surface area contributed by atoms with E-state index in [0.717, 1.165) is 4.31 Å². The van der Waals surface area contributed by atoms with Crippen LogP contribution >= 0.6 is 0 Å². The van der Waals surface area contributed by atoms with Crippen molar-refractivity contribution >= 4 is 10.0 Å². The van der Waals surface area contributed by atoms with Crippen molar-refractivity contribution in [2.24, 2.45) is 0 Å². The molecule has 0 aliphatic carbocycles. The number of likely N-dealkylation sites (N-methyl/N-ethyl adjacent to an activating group) is 1. The first-order chi connectivity index (χ1) is 6.82. The molecule has 0 aliphatic heterocycles. The summed E-state index contributed by atoms with van der Waals surface area (Å²) >= 11 is 0. The second-order valence-electron chi connectivity index (χ2n) is 3.56. The molecule has 88 valence electrons. The highest BCUT2D eigenvalue weighted by atomic mass is 32.2. The fourth-order valence-electron chi connectivity index (χ4n) is 0.881. The van der Waals surface area contributed by atoms with Crippen molar-refractivity contribution in [3.8, 4) is 6.07 Å². The van der Waals surface area contributed by atoms with Crippen molar-refractivity contribution in [2.45, 2.75) is 32.1 Å².